The third-order valence-corrected chi connectivity index (χ3v) is 6.97. The number of sulfonamides is 1. The molecule has 32 heavy (non-hydrogen) atoms. The first-order valence-corrected chi connectivity index (χ1v) is 11.7. The van der Waals surface area contributed by atoms with Gasteiger partial charge < -0.3 is 13.7 Å². The molecule has 0 unspecified atom stereocenters. The smallest absolute Gasteiger partial charge is 0.374 e. The number of aryl methyl sites for hydroxylation is 1. The summed E-state index contributed by atoms with van der Waals surface area (Å²) in [6.07, 6.45) is 0. The molecular formula is C21H24N4O6S. The van der Waals surface area contributed by atoms with Crippen molar-refractivity contribution in [1.29, 1.82) is 0 Å². The summed E-state index contributed by atoms with van der Waals surface area (Å²) < 4.78 is 42.5. The lowest BCUT2D eigenvalue weighted by Crippen LogP contribution is -2.48. The Morgan fingerprint density at radius 1 is 1.12 bits per heavy atom. The molecule has 10 nitrogen and oxygen atoms in total. The van der Waals surface area contributed by atoms with Crippen LogP contribution >= 0.6 is 0 Å². The predicted octanol–water partition coefficient (Wildman–Crippen LogP) is 2.32. The highest BCUT2D eigenvalue weighted by Gasteiger charge is 2.32. The summed E-state index contributed by atoms with van der Waals surface area (Å²) in [6.45, 7) is 5.79. The molecule has 3 aromatic rings. The Labute approximate surface area is 185 Å². The van der Waals surface area contributed by atoms with Crippen molar-refractivity contribution in [2.75, 3.05) is 32.8 Å². The Balaban J connectivity index is 1.36. The second-order valence-corrected chi connectivity index (χ2v) is 9.21. The number of aromatic nitrogens is 2. The lowest BCUT2D eigenvalue weighted by Gasteiger charge is -2.32. The molecule has 0 spiro atoms. The van der Waals surface area contributed by atoms with Crippen molar-refractivity contribution in [2.45, 2.75) is 25.5 Å². The molecule has 0 radical (unpaired) electrons. The topological polar surface area (TPSA) is 119 Å². The number of hydrogen-bond acceptors (Lipinski definition) is 9. The standard InChI is InChI=1S/C21H24N4O6S/c1-3-29-21(26)17-8-9-19(30-17)32(27,28)25-12-10-24(11-13-25)14-18-22-20(23-31-18)16-7-5-4-6-15(16)2/h4-9H,3,10-14H2,1-2H3. The van der Waals surface area contributed by atoms with Crippen LogP contribution in [0.4, 0.5) is 0 Å². The molecule has 0 saturated carbocycles. The van der Waals surface area contributed by atoms with Gasteiger partial charge >= 0.3 is 5.97 Å². The summed E-state index contributed by atoms with van der Waals surface area (Å²) in [7, 11) is -3.84. The molecule has 3 heterocycles. The molecule has 0 atom stereocenters. The fraction of sp³-hybridized carbons (Fsp3) is 0.381. The van der Waals surface area contributed by atoms with E-state index in [1.54, 1.807) is 6.92 Å². The molecule has 1 aliphatic rings. The second kappa shape index (κ2) is 9.23. The Kier molecular flexibility index (Phi) is 6.40. The Morgan fingerprint density at radius 2 is 1.88 bits per heavy atom. The predicted molar refractivity (Wildman–Crippen MR) is 113 cm³/mol. The average Bonchev–Trinajstić information content (AvgIpc) is 3.45. The Morgan fingerprint density at radius 3 is 2.59 bits per heavy atom. The summed E-state index contributed by atoms with van der Waals surface area (Å²) >= 11 is 0. The summed E-state index contributed by atoms with van der Waals surface area (Å²) in [5, 5.41) is 3.80. The number of hydrogen-bond donors (Lipinski definition) is 0. The molecule has 1 aromatic carbocycles. The molecule has 2 aromatic heterocycles. The molecule has 4 rings (SSSR count). The molecule has 1 aliphatic heterocycles. The summed E-state index contributed by atoms with van der Waals surface area (Å²) in [4.78, 5) is 18.3. The molecule has 0 aliphatic carbocycles. The van der Waals surface area contributed by atoms with Crippen LogP contribution in [-0.2, 0) is 21.3 Å². The zero-order valence-electron chi connectivity index (χ0n) is 17.9. The van der Waals surface area contributed by atoms with Gasteiger partial charge in [0.25, 0.3) is 10.0 Å². The van der Waals surface area contributed by atoms with Crippen LogP contribution in [0.1, 0.15) is 28.9 Å². The van der Waals surface area contributed by atoms with Crippen LogP contribution < -0.4 is 0 Å². The van der Waals surface area contributed by atoms with Gasteiger partial charge in [0.05, 0.1) is 13.2 Å². The van der Waals surface area contributed by atoms with Gasteiger partial charge in [-0.25, -0.2) is 13.2 Å². The number of benzene rings is 1. The molecular weight excluding hydrogens is 436 g/mol. The molecule has 1 saturated heterocycles. The van der Waals surface area contributed by atoms with Crippen molar-refractivity contribution >= 4 is 16.0 Å². The zero-order chi connectivity index (χ0) is 22.7. The summed E-state index contributed by atoms with van der Waals surface area (Å²) in [5.74, 6) is 0.188. The van der Waals surface area contributed by atoms with Crippen LogP contribution in [0.15, 0.2) is 50.4 Å². The molecule has 0 bridgehead atoms. The van der Waals surface area contributed by atoms with E-state index in [1.807, 2.05) is 36.1 Å². The lowest BCUT2D eigenvalue weighted by molar-refractivity contribution is 0.0483. The SMILES string of the molecule is CCOC(=O)c1ccc(S(=O)(=O)N2CCN(Cc3nc(-c4ccccc4C)no3)CC2)o1. The van der Waals surface area contributed by atoms with Crippen LogP contribution in [-0.4, -0.2) is 66.5 Å². The highest BCUT2D eigenvalue weighted by atomic mass is 32.2. The van der Waals surface area contributed by atoms with Gasteiger partial charge in [0, 0.05) is 31.7 Å². The maximum atomic E-state index is 12.9. The molecule has 170 valence electrons. The fourth-order valence-corrected chi connectivity index (χ4v) is 4.80. The van der Waals surface area contributed by atoms with Gasteiger partial charge in [-0.1, -0.05) is 29.4 Å². The van der Waals surface area contributed by atoms with Gasteiger partial charge in [0.15, 0.2) is 0 Å². The number of carbonyl (C=O) groups excluding carboxylic acids is 1. The quantitative estimate of drug-likeness (QED) is 0.489. The minimum Gasteiger partial charge on any atom is -0.460 e. The average molecular weight is 461 g/mol. The first-order valence-electron chi connectivity index (χ1n) is 10.3. The number of esters is 1. The van der Waals surface area contributed by atoms with Gasteiger partial charge in [0.1, 0.15) is 0 Å². The number of nitrogens with zero attached hydrogens (tertiary/aromatic N) is 4. The Hall–Kier alpha value is -3.02. The van der Waals surface area contributed by atoms with E-state index in [0.29, 0.717) is 31.3 Å². The van der Waals surface area contributed by atoms with Crippen molar-refractivity contribution in [1.82, 2.24) is 19.3 Å². The van der Waals surface area contributed by atoms with E-state index >= 15 is 0 Å². The zero-order valence-corrected chi connectivity index (χ0v) is 18.7. The normalized spacial score (nSPS) is 15.7. The van der Waals surface area contributed by atoms with Crippen molar-refractivity contribution < 1.29 is 26.9 Å². The Bertz CT molecular complexity index is 1190. The molecule has 1 fully saturated rings. The van der Waals surface area contributed by atoms with Crippen LogP contribution in [0.2, 0.25) is 0 Å². The van der Waals surface area contributed by atoms with Crippen molar-refractivity contribution in [2.24, 2.45) is 0 Å². The minimum absolute atomic E-state index is 0.134. The number of carbonyl (C=O) groups is 1. The van der Waals surface area contributed by atoms with Gasteiger partial charge in [-0.15, -0.1) is 0 Å². The van der Waals surface area contributed by atoms with E-state index in [4.69, 9.17) is 13.7 Å². The van der Waals surface area contributed by atoms with Gasteiger partial charge in [-0.3, -0.25) is 4.90 Å². The third-order valence-electron chi connectivity index (χ3n) is 5.20. The van der Waals surface area contributed by atoms with Crippen molar-refractivity contribution in [3.63, 3.8) is 0 Å². The van der Waals surface area contributed by atoms with Crippen molar-refractivity contribution in [3.8, 4) is 11.4 Å². The maximum absolute atomic E-state index is 12.9. The molecule has 0 N–H and O–H groups in total. The summed E-state index contributed by atoms with van der Waals surface area (Å²) in [5.41, 5.74) is 1.97. The first kappa shape index (κ1) is 22.2. The number of ether oxygens (including phenoxy) is 1. The number of furan rings is 1. The minimum atomic E-state index is -3.84. The second-order valence-electron chi connectivity index (χ2n) is 7.35. The highest BCUT2D eigenvalue weighted by molar-refractivity contribution is 7.89. The first-order chi connectivity index (χ1) is 15.4. The van der Waals surface area contributed by atoms with E-state index in [-0.39, 0.29) is 30.5 Å². The fourth-order valence-electron chi connectivity index (χ4n) is 3.47. The largest absolute Gasteiger partial charge is 0.460 e. The lowest BCUT2D eigenvalue weighted by atomic mass is 10.1. The van der Waals surface area contributed by atoms with Crippen LogP contribution in [0.5, 0.6) is 0 Å². The van der Waals surface area contributed by atoms with Gasteiger partial charge in [0.2, 0.25) is 22.6 Å². The number of rotatable bonds is 7. The maximum Gasteiger partial charge on any atom is 0.374 e. The van der Waals surface area contributed by atoms with Crippen molar-refractivity contribution in [3.05, 3.63) is 53.6 Å². The number of piperazine rings is 1. The third kappa shape index (κ3) is 4.59. The van der Waals surface area contributed by atoms with E-state index in [0.717, 1.165) is 11.1 Å². The van der Waals surface area contributed by atoms with Gasteiger partial charge in [-0.2, -0.15) is 9.29 Å². The van der Waals surface area contributed by atoms with Crippen LogP contribution in [0.3, 0.4) is 0 Å². The van der Waals surface area contributed by atoms with E-state index < -0.39 is 16.0 Å². The van der Waals surface area contributed by atoms with E-state index in [1.165, 1.54) is 16.4 Å². The molecule has 0 amide bonds. The monoisotopic (exact) mass is 460 g/mol. The van der Waals surface area contributed by atoms with Gasteiger partial charge in [-0.05, 0) is 31.5 Å². The van der Waals surface area contributed by atoms with Crippen LogP contribution in [0.25, 0.3) is 11.4 Å². The summed E-state index contributed by atoms with van der Waals surface area (Å²) in [6, 6.07) is 10.4. The van der Waals surface area contributed by atoms with Crippen LogP contribution in [0, 0.1) is 6.92 Å². The highest BCUT2D eigenvalue weighted by Crippen LogP contribution is 2.23. The van der Waals surface area contributed by atoms with E-state index in [2.05, 4.69) is 10.1 Å². The molecule has 11 heteroatoms. The van der Waals surface area contributed by atoms with E-state index in [9.17, 15) is 13.2 Å².